The normalized spacial score (nSPS) is 12.8. The SMILES string of the molecule is CC1(C)c2ccccc2-c2cc(-c3ccc4c(c3)c3c(-c5cccc(-c6cc(-c7ccccn7)nc(-c7ccccn7)c6)c5)cccc3n4-c3ccccc3)ccc21. The third-order valence-electron chi connectivity index (χ3n) is 11.9. The molecular formula is C54H38N4. The lowest BCUT2D eigenvalue weighted by Crippen LogP contribution is -2.14. The van der Waals surface area contributed by atoms with Crippen LogP contribution in [-0.4, -0.2) is 19.5 Å². The molecule has 0 bridgehead atoms. The summed E-state index contributed by atoms with van der Waals surface area (Å²) < 4.78 is 2.41. The summed E-state index contributed by atoms with van der Waals surface area (Å²) in [6.07, 6.45) is 3.62. The van der Waals surface area contributed by atoms with Crippen LogP contribution in [0.15, 0.2) is 194 Å². The lowest BCUT2D eigenvalue weighted by Gasteiger charge is -2.21. The highest BCUT2D eigenvalue weighted by Crippen LogP contribution is 2.50. The minimum absolute atomic E-state index is 0.0305. The molecule has 10 aromatic rings. The van der Waals surface area contributed by atoms with Crippen LogP contribution in [0.3, 0.4) is 0 Å². The maximum Gasteiger partial charge on any atom is 0.0900 e. The van der Waals surface area contributed by atoms with Gasteiger partial charge in [-0.15, -0.1) is 0 Å². The molecular weight excluding hydrogens is 705 g/mol. The summed E-state index contributed by atoms with van der Waals surface area (Å²) in [5.74, 6) is 0. The van der Waals surface area contributed by atoms with Gasteiger partial charge >= 0.3 is 0 Å². The van der Waals surface area contributed by atoms with E-state index in [2.05, 4.69) is 174 Å². The standard InChI is InChI=1S/C54H38N4/c1-54(2)45-20-7-6-18-42(45)43-31-36(24-26-46(43)54)37-25-27-51-44(32-37)53-41(19-13-23-52(53)58(51)40-16-4-3-5-17-40)38-15-12-14-35(30-38)39-33-49(47-21-8-10-28-55-47)57-50(34-39)48-22-9-11-29-56-48/h3-34H,1-2H3. The number of benzene rings is 6. The fourth-order valence-electron chi connectivity index (χ4n) is 9.10. The average molecular weight is 743 g/mol. The summed E-state index contributed by atoms with van der Waals surface area (Å²) in [7, 11) is 0. The molecule has 0 atom stereocenters. The van der Waals surface area contributed by atoms with E-state index in [9.17, 15) is 0 Å². The summed E-state index contributed by atoms with van der Waals surface area (Å²) in [5, 5.41) is 2.45. The summed E-state index contributed by atoms with van der Waals surface area (Å²) in [6.45, 7) is 4.68. The number of fused-ring (bicyclic) bond motifs is 6. The third-order valence-corrected chi connectivity index (χ3v) is 11.9. The molecule has 6 aromatic carbocycles. The van der Waals surface area contributed by atoms with Crippen LogP contribution in [0.25, 0.3) is 94.8 Å². The van der Waals surface area contributed by atoms with Gasteiger partial charge in [0.15, 0.2) is 0 Å². The number of pyridine rings is 3. The second-order valence-corrected chi connectivity index (χ2v) is 15.7. The molecule has 1 aliphatic carbocycles. The predicted molar refractivity (Wildman–Crippen MR) is 239 cm³/mol. The van der Waals surface area contributed by atoms with Gasteiger partial charge < -0.3 is 4.57 Å². The van der Waals surface area contributed by atoms with Gasteiger partial charge in [0.2, 0.25) is 0 Å². The van der Waals surface area contributed by atoms with Crippen LogP contribution in [0, 0.1) is 0 Å². The summed E-state index contributed by atoms with van der Waals surface area (Å²) in [4.78, 5) is 14.3. The lowest BCUT2D eigenvalue weighted by molar-refractivity contribution is 0.660. The fourth-order valence-corrected chi connectivity index (χ4v) is 9.10. The molecule has 0 spiro atoms. The first-order chi connectivity index (χ1) is 28.5. The molecule has 1 aliphatic rings. The van der Waals surface area contributed by atoms with E-state index in [4.69, 9.17) is 4.98 Å². The number of aromatic nitrogens is 4. The zero-order chi connectivity index (χ0) is 38.8. The fraction of sp³-hybridized carbons (Fsp3) is 0.0556. The van der Waals surface area contributed by atoms with Gasteiger partial charge in [0.05, 0.1) is 33.8 Å². The first-order valence-corrected chi connectivity index (χ1v) is 19.8. The molecule has 0 aliphatic heterocycles. The highest BCUT2D eigenvalue weighted by molar-refractivity contribution is 6.16. The first kappa shape index (κ1) is 33.9. The van der Waals surface area contributed by atoms with Crippen LogP contribution in [0.2, 0.25) is 0 Å². The summed E-state index contributed by atoms with van der Waals surface area (Å²) in [5.41, 5.74) is 19.1. The maximum atomic E-state index is 5.03. The van der Waals surface area contributed by atoms with Crippen molar-refractivity contribution in [3.63, 3.8) is 0 Å². The van der Waals surface area contributed by atoms with Gasteiger partial charge in [-0.25, -0.2) is 4.98 Å². The molecule has 0 amide bonds. The van der Waals surface area contributed by atoms with Crippen molar-refractivity contribution >= 4 is 21.8 Å². The zero-order valence-corrected chi connectivity index (χ0v) is 32.3. The van der Waals surface area contributed by atoms with Crippen molar-refractivity contribution in [2.75, 3.05) is 0 Å². The van der Waals surface area contributed by atoms with E-state index in [1.165, 1.54) is 60.8 Å². The van der Waals surface area contributed by atoms with Gasteiger partial charge in [-0.05, 0) is 134 Å². The molecule has 274 valence electrons. The van der Waals surface area contributed by atoms with E-state index >= 15 is 0 Å². The number of para-hydroxylation sites is 1. The van der Waals surface area contributed by atoms with Crippen LogP contribution in [0.4, 0.5) is 0 Å². The molecule has 11 rings (SSSR count). The van der Waals surface area contributed by atoms with Gasteiger partial charge in [-0.1, -0.05) is 117 Å². The van der Waals surface area contributed by atoms with E-state index in [1.54, 1.807) is 0 Å². The Kier molecular flexibility index (Phi) is 7.80. The van der Waals surface area contributed by atoms with Gasteiger partial charge in [-0.3, -0.25) is 9.97 Å². The average Bonchev–Trinajstić information content (AvgIpc) is 3.75. The van der Waals surface area contributed by atoms with E-state index in [0.29, 0.717) is 0 Å². The molecule has 0 saturated carbocycles. The van der Waals surface area contributed by atoms with Crippen molar-refractivity contribution in [2.45, 2.75) is 19.3 Å². The second kappa shape index (κ2) is 13.4. The largest absolute Gasteiger partial charge is 0.309 e. The monoisotopic (exact) mass is 742 g/mol. The molecule has 58 heavy (non-hydrogen) atoms. The number of hydrogen-bond donors (Lipinski definition) is 0. The van der Waals surface area contributed by atoms with E-state index in [-0.39, 0.29) is 5.41 Å². The van der Waals surface area contributed by atoms with E-state index in [1.807, 2.05) is 48.8 Å². The Morgan fingerprint density at radius 3 is 1.78 bits per heavy atom. The second-order valence-electron chi connectivity index (χ2n) is 15.7. The quantitative estimate of drug-likeness (QED) is 0.170. The Morgan fingerprint density at radius 2 is 1.02 bits per heavy atom. The Bertz CT molecular complexity index is 3120. The van der Waals surface area contributed by atoms with Crippen molar-refractivity contribution in [1.82, 2.24) is 19.5 Å². The Balaban J connectivity index is 1.10. The molecule has 0 saturated heterocycles. The number of hydrogen-bond acceptors (Lipinski definition) is 3. The van der Waals surface area contributed by atoms with Gasteiger partial charge in [0.1, 0.15) is 0 Å². The highest BCUT2D eigenvalue weighted by Gasteiger charge is 2.35. The Hall–Kier alpha value is -7.43. The third kappa shape index (κ3) is 5.48. The summed E-state index contributed by atoms with van der Waals surface area (Å²) in [6, 6.07) is 65.4. The van der Waals surface area contributed by atoms with Crippen molar-refractivity contribution < 1.29 is 0 Å². The number of nitrogens with zero attached hydrogens (tertiary/aromatic N) is 4. The van der Waals surface area contributed by atoms with Gasteiger partial charge in [-0.2, -0.15) is 0 Å². The van der Waals surface area contributed by atoms with Crippen LogP contribution in [0.5, 0.6) is 0 Å². The molecule has 4 heterocycles. The molecule has 4 nitrogen and oxygen atoms in total. The van der Waals surface area contributed by atoms with E-state index < -0.39 is 0 Å². The smallest absolute Gasteiger partial charge is 0.0900 e. The van der Waals surface area contributed by atoms with Crippen molar-refractivity contribution in [1.29, 1.82) is 0 Å². The first-order valence-electron chi connectivity index (χ1n) is 19.8. The van der Waals surface area contributed by atoms with Crippen molar-refractivity contribution in [3.05, 3.63) is 206 Å². The Morgan fingerprint density at radius 1 is 0.397 bits per heavy atom. The lowest BCUT2D eigenvalue weighted by atomic mass is 9.82. The zero-order valence-electron chi connectivity index (χ0n) is 32.3. The predicted octanol–water partition coefficient (Wildman–Crippen LogP) is 13.6. The van der Waals surface area contributed by atoms with Crippen LogP contribution in [0.1, 0.15) is 25.0 Å². The van der Waals surface area contributed by atoms with Crippen LogP contribution in [-0.2, 0) is 5.41 Å². The minimum atomic E-state index is -0.0305. The molecule has 4 heteroatoms. The van der Waals surface area contributed by atoms with Crippen LogP contribution < -0.4 is 0 Å². The topological polar surface area (TPSA) is 43.6 Å². The minimum Gasteiger partial charge on any atom is -0.309 e. The van der Waals surface area contributed by atoms with Gasteiger partial charge in [0.25, 0.3) is 0 Å². The molecule has 4 aromatic heterocycles. The maximum absolute atomic E-state index is 5.03. The van der Waals surface area contributed by atoms with Crippen molar-refractivity contribution in [2.24, 2.45) is 0 Å². The number of rotatable bonds is 6. The van der Waals surface area contributed by atoms with Gasteiger partial charge in [0, 0.05) is 34.3 Å². The van der Waals surface area contributed by atoms with E-state index in [0.717, 1.165) is 45.2 Å². The summed E-state index contributed by atoms with van der Waals surface area (Å²) >= 11 is 0. The Labute approximate surface area is 337 Å². The highest BCUT2D eigenvalue weighted by atomic mass is 15.0. The van der Waals surface area contributed by atoms with Crippen molar-refractivity contribution in [3.8, 4) is 73.0 Å². The van der Waals surface area contributed by atoms with Crippen LogP contribution >= 0.6 is 0 Å². The molecule has 0 radical (unpaired) electrons. The molecule has 0 N–H and O–H groups in total. The molecule has 0 unspecified atom stereocenters. The molecule has 0 fully saturated rings.